The quantitative estimate of drug-likeness (QED) is 0.799. The molecule has 0 spiro atoms. The van der Waals surface area contributed by atoms with Gasteiger partial charge < -0.3 is 5.73 Å². The van der Waals surface area contributed by atoms with E-state index in [4.69, 9.17) is 12.2 Å². The zero-order valence-electron chi connectivity index (χ0n) is 10.5. The number of nitrogens with zero attached hydrogens (tertiary/aromatic N) is 2. The molecule has 0 radical (unpaired) electrons. The van der Waals surface area contributed by atoms with E-state index in [9.17, 15) is 4.79 Å². The van der Waals surface area contributed by atoms with Crippen LogP contribution in [0.15, 0.2) is 12.3 Å². The van der Waals surface area contributed by atoms with Gasteiger partial charge in [-0.15, -0.1) is 12.3 Å². The largest absolute Gasteiger partial charge is 0.321 e. The van der Waals surface area contributed by atoms with E-state index in [0.29, 0.717) is 12.5 Å². The van der Waals surface area contributed by atoms with Gasteiger partial charge in [-0.3, -0.25) is 9.48 Å². The van der Waals surface area contributed by atoms with Gasteiger partial charge in [0.2, 0.25) is 0 Å². The molecule has 1 saturated carbocycles. The van der Waals surface area contributed by atoms with Gasteiger partial charge in [0.1, 0.15) is 0 Å². The molecule has 4 heteroatoms. The van der Waals surface area contributed by atoms with E-state index < -0.39 is 6.04 Å². The van der Waals surface area contributed by atoms with Crippen molar-refractivity contribution < 1.29 is 4.79 Å². The number of carbonyl (C=O) groups is 1. The van der Waals surface area contributed by atoms with Gasteiger partial charge >= 0.3 is 0 Å². The van der Waals surface area contributed by atoms with E-state index in [-0.39, 0.29) is 12.2 Å². The molecule has 1 aromatic rings. The van der Waals surface area contributed by atoms with Crippen LogP contribution in [0.3, 0.4) is 0 Å². The highest BCUT2D eigenvalue weighted by Gasteiger charge is 2.19. The maximum atomic E-state index is 11.8. The topological polar surface area (TPSA) is 60.9 Å². The van der Waals surface area contributed by atoms with Gasteiger partial charge in [0.25, 0.3) is 0 Å². The molecule has 4 nitrogen and oxygen atoms in total. The monoisotopic (exact) mass is 245 g/mol. The van der Waals surface area contributed by atoms with Crippen LogP contribution >= 0.6 is 0 Å². The molecule has 2 N–H and O–H groups in total. The summed E-state index contributed by atoms with van der Waals surface area (Å²) in [5.74, 6) is 2.38. The normalized spacial score (nSPS) is 17.6. The van der Waals surface area contributed by atoms with E-state index in [2.05, 4.69) is 11.0 Å². The minimum atomic E-state index is -0.563. The molecule has 0 saturated heterocycles. The second-order valence-corrected chi connectivity index (χ2v) is 4.88. The molecular weight excluding hydrogens is 226 g/mol. The maximum Gasteiger partial charge on any atom is 0.156 e. The van der Waals surface area contributed by atoms with Crippen molar-refractivity contribution in [3.05, 3.63) is 18.0 Å². The minimum Gasteiger partial charge on any atom is -0.321 e. The number of terminal acetylenes is 1. The summed E-state index contributed by atoms with van der Waals surface area (Å²) in [6.07, 6.45) is 12.6. The molecule has 1 unspecified atom stereocenters. The lowest BCUT2D eigenvalue weighted by Gasteiger charge is -2.09. The van der Waals surface area contributed by atoms with Gasteiger partial charge in [-0.25, -0.2) is 0 Å². The molecule has 96 valence electrons. The lowest BCUT2D eigenvalue weighted by molar-refractivity contribution is -0.119. The van der Waals surface area contributed by atoms with Crippen LogP contribution in [0.25, 0.3) is 0 Å². The van der Waals surface area contributed by atoms with Gasteiger partial charge in [-0.2, -0.15) is 5.10 Å². The summed E-state index contributed by atoms with van der Waals surface area (Å²) in [6.45, 7) is 0. The van der Waals surface area contributed by atoms with Crippen molar-refractivity contribution in [1.82, 2.24) is 9.78 Å². The highest BCUT2D eigenvalue weighted by molar-refractivity contribution is 5.85. The first-order valence-electron chi connectivity index (χ1n) is 6.46. The SMILES string of the molecule is C#CCC(N)C(=O)Cc1ccn(C2CCCC2)n1. The number of Topliss-reactive ketones (excluding diaryl/α,β-unsaturated/α-hetero) is 1. The molecule has 2 rings (SSSR count). The summed E-state index contributed by atoms with van der Waals surface area (Å²) in [5, 5.41) is 4.46. The van der Waals surface area contributed by atoms with Crippen LogP contribution in [-0.4, -0.2) is 21.6 Å². The van der Waals surface area contributed by atoms with Gasteiger partial charge in [0, 0.05) is 12.6 Å². The van der Waals surface area contributed by atoms with Gasteiger partial charge in [0.15, 0.2) is 5.78 Å². The van der Waals surface area contributed by atoms with E-state index in [1.807, 2.05) is 16.9 Å². The lowest BCUT2D eigenvalue weighted by atomic mass is 10.1. The average molecular weight is 245 g/mol. The number of rotatable bonds is 5. The number of aromatic nitrogens is 2. The van der Waals surface area contributed by atoms with Crippen LogP contribution in [0.5, 0.6) is 0 Å². The zero-order valence-corrected chi connectivity index (χ0v) is 10.5. The van der Waals surface area contributed by atoms with Crippen molar-refractivity contribution in [2.24, 2.45) is 5.73 Å². The van der Waals surface area contributed by atoms with Crippen molar-refractivity contribution >= 4 is 5.78 Å². The smallest absolute Gasteiger partial charge is 0.156 e. The molecule has 1 aromatic heterocycles. The molecule has 1 aliphatic carbocycles. The van der Waals surface area contributed by atoms with Crippen LogP contribution < -0.4 is 5.73 Å². The second-order valence-electron chi connectivity index (χ2n) is 4.88. The Hall–Kier alpha value is -1.60. The molecular formula is C14H19N3O. The fraction of sp³-hybridized carbons (Fsp3) is 0.571. The second kappa shape index (κ2) is 5.83. The van der Waals surface area contributed by atoms with Crippen LogP contribution in [0.4, 0.5) is 0 Å². The first-order valence-corrected chi connectivity index (χ1v) is 6.46. The van der Waals surface area contributed by atoms with Crippen LogP contribution in [0.1, 0.15) is 43.8 Å². The minimum absolute atomic E-state index is 0.0374. The van der Waals surface area contributed by atoms with Crippen LogP contribution in [-0.2, 0) is 11.2 Å². The predicted octanol–water partition coefficient (Wildman–Crippen LogP) is 1.46. The maximum absolute atomic E-state index is 11.8. The molecule has 1 heterocycles. The van der Waals surface area contributed by atoms with Crippen LogP contribution in [0, 0.1) is 12.3 Å². The third kappa shape index (κ3) is 2.99. The number of nitrogens with two attached hydrogens (primary N) is 1. The van der Waals surface area contributed by atoms with E-state index in [0.717, 1.165) is 5.69 Å². The standard InChI is InChI=1S/C14H19N3O/c1-2-5-13(15)14(18)10-11-8-9-17(16-11)12-6-3-4-7-12/h1,8-9,12-13H,3-7,10,15H2. The van der Waals surface area contributed by atoms with E-state index in [1.54, 1.807) is 0 Å². The molecule has 0 bridgehead atoms. The highest BCUT2D eigenvalue weighted by Crippen LogP contribution is 2.28. The first-order chi connectivity index (χ1) is 8.70. The molecule has 1 aliphatic rings. The summed E-state index contributed by atoms with van der Waals surface area (Å²) < 4.78 is 1.99. The Kier molecular flexibility index (Phi) is 4.16. The zero-order chi connectivity index (χ0) is 13.0. The fourth-order valence-electron chi connectivity index (χ4n) is 2.39. The number of hydrogen-bond acceptors (Lipinski definition) is 3. The van der Waals surface area contributed by atoms with Crippen molar-refractivity contribution in [3.8, 4) is 12.3 Å². The van der Waals surface area contributed by atoms with Gasteiger partial charge in [0.05, 0.1) is 24.2 Å². The summed E-state index contributed by atoms with van der Waals surface area (Å²) >= 11 is 0. The van der Waals surface area contributed by atoms with E-state index in [1.165, 1.54) is 25.7 Å². The fourth-order valence-corrected chi connectivity index (χ4v) is 2.39. The van der Waals surface area contributed by atoms with Crippen molar-refractivity contribution in [3.63, 3.8) is 0 Å². The Balaban J connectivity index is 1.94. The predicted molar refractivity (Wildman–Crippen MR) is 69.9 cm³/mol. The third-order valence-corrected chi connectivity index (χ3v) is 3.47. The number of ketones is 1. The average Bonchev–Trinajstić information content (AvgIpc) is 2.98. The summed E-state index contributed by atoms with van der Waals surface area (Å²) in [7, 11) is 0. The Morgan fingerprint density at radius 2 is 2.33 bits per heavy atom. The molecule has 18 heavy (non-hydrogen) atoms. The lowest BCUT2D eigenvalue weighted by Crippen LogP contribution is -2.31. The Labute approximate surface area is 108 Å². The number of carbonyl (C=O) groups excluding carboxylic acids is 1. The Morgan fingerprint density at radius 3 is 3.00 bits per heavy atom. The van der Waals surface area contributed by atoms with Crippen LogP contribution in [0.2, 0.25) is 0 Å². The van der Waals surface area contributed by atoms with Crippen molar-refractivity contribution in [2.75, 3.05) is 0 Å². The van der Waals surface area contributed by atoms with Crippen molar-refractivity contribution in [1.29, 1.82) is 0 Å². The molecule has 1 fully saturated rings. The van der Waals surface area contributed by atoms with E-state index >= 15 is 0 Å². The molecule has 1 atom stereocenters. The molecule has 0 amide bonds. The number of hydrogen-bond donors (Lipinski definition) is 1. The van der Waals surface area contributed by atoms with Gasteiger partial charge in [-0.05, 0) is 18.9 Å². The third-order valence-electron chi connectivity index (χ3n) is 3.47. The summed E-state index contributed by atoms with van der Waals surface area (Å²) in [6, 6.07) is 1.85. The Bertz CT molecular complexity index is 452. The summed E-state index contributed by atoms with van der Waals surface area (Å²) in [4.78, 5) is 11.8. The molecule has 0 aromatic carbocycles. The Morgan fingerprint density at radius 1 is 1.61 bits per heavy atom. The van der Waals surface area contributed by atoms with Crippen molar-refractivity contribution in [2.45, 2.75) is 50.6 Å². The first kappa shape index (κ1) is 12.8. The van der Waals surface area contributed by atoms with Gasteiger partial charge in [-0.1, -0.05) is 12.8 Å². The molecule has 0 aliphatic heterocycles. The summed E-state index contributed by atoms with van der Waals surface area (Å²) in [5.41, 5.74) is 6.47. The highest BCUT2D eigenvalue weighted by atomic mass is 16.1.